The number of halogens is 1. The molecule has 2 aromatic rings. The van der Waals surface area contributed by atoms with Crippen molar-refractivity contribution in [3.8, 4) is 0 Å². The van der Waals surface area contributed by atoms with E-state index in [0.717, 1.165) is 22.3 Å². The molecule has 0 bridgehead atoms. The van der Waals surface area contributed by atoms with Gasteiger partial charge < -0.3 is 4.42 Å². The molecule has 1 heterocycles. The second-order valence-corrected chi connectivity index (χ2v) is 3.35. The molecule has 0 aliphatic carbocycles. The Morgan fingerprint density at radius 2 is 2.23 bits per heavy atom. The Morgan fingerprint density at radius 1 is 1.46 bits per heavy atom. The van der Waals surface area contributed by atoms with Crippen molar-refractivity contribution in [1.82, 2.24) is 0 Å². The summed E-state index contributed by atoms with van der Waals surface area (Å²) in [5.74, 6) is 0.882. The number of benzene rings is 1. The lowest BCUT2D eigenvalue weighted by Crippen LogP contribution is -1.70. The molecule has 1 aromatic heterocycles. The van der Waals surface area contributed by atoms with Crippen molar-refractivity contribution < 1.29 is 4.42 Å². The van der Waals surface area contributed by atoms with Crippen LogP contribution in [0.1, 0.15) is 11.3 Å². The number of rotatable bonds is 1. The Labute approximate surface area is 81.6 Å². The van der Waals surface area contributed by atoms with Gasteiger partial charge >= 0.3 is 0 Å². The topological polar surface area (TPSA) is 13.1 Å². The Balaban J connectivity index is 2.86. The molecule has 1 aromatic carbocycles. The molecule has 0 aliphatic rings. The summed E-state index contributed by atoms with van der Waals surface area (Å²) < 4.78 is 5.52. The first kappa shape index (κ1) is 8.39. The quantitative estimate of drug-likeness (QED) is 0.665. The van der Waals surface area contributed by atoms with Gasteiger partial charge in [-0.25, -0.2) is 0 Å². The monoisotopic (exact) mass is 192 g/mol. The molecule has 66 valence electrons. The maximum atomic E-state index is 5.84. The third-order valence-corrected chi connectivity index (χ3v) is 2.32. The van der Waals surface area contributed by atoms with Gasteiger partial charge in [-0.05, 0) is 19.1 Å². The van der Waals surface area contributed by atoms with E-state index in [1.165, 1.54) is 0 Å². The van der Waals surface area contributed by atoms with Crippen LogP contribution in [0.5, 0.6) is 0 Å². The molecular weight excluding hydrogens is 184 g/mol. The molecule has 0 atom stereocenters. The molecule has 0 saturated carbocycles. The summed E-state index contributed by atoms with van der Waals surface area (Å²) in [7, 11) is 0. The minimum atomic E-state index is 0.692. The summed E-state index contributed by atoms with van der Waals surface area (Å²) in [6, 6.07) is 5.62. The maximum absolute atomic E-state index is 5.84. The molecule has 0 saturated heterocycles. The fraction of sp³-hybridized carbons (Fsp3) is 0.0909. The van der Waals surface area contributed by atoms with Crippen molar-refractivity contribution in [2.45, 2.75) is 6.92 Å². The van der Waals surface area contributed by atoms with E-state index in [9.17, 15) is 0 Å². The van der Waals surface area contributed by atoms with Crippen LogP contribution in [0.25, 0.3) is 17.0 Å². The van der Waals surface area contributed by atoms with Crippen LogP contribution in [-0.2, 0) is 0 Å². The standard InChI is InChI=1S/C11H9ClO/c1-3-9-7(2)13-11-6-8(12)4-5-10(9)11/h3-6H,1H2,2H3. The molecule has 1 nitrogen and oxygen atoms in total. The number of furan rings is 1. The second kappa shape index (κ2) is 2.93. The third kappa shape index (κ3) is 1.25. The van der Waals surface area contributed by atoms with E-state index in [4.69, 9.17) is 16.0 Å². The lowest BCUT2D eigenvalue weighted by atomic mass is 10.1. The van der Waals surface area contributed by atoms with Crippen molar-refractivity contribution in [1.29, 1.82) is 0 Å². The SMILES string of the molecule is C=Cc1c(C)oc2cc(Cl)ccc12. The van der Waals surface area contributed by atoms with Gasteiger partial charge in [0.25, 0.3) is 0 Å². The summed E-state index contributed by atoms with van der Waals surface area (Å²) in [6.45, 7) is 5.67. The van der Waals surface area contributed by atoms with Crippen LogP contribution in [0.4, 0.5) is 0 Å². The molecule has 0 radical (unpaired) electrons. The first-order valence-electron chi connectivity index (χ1n) is 4.03. The van der Waals surface area contributed by atoms with Gasteiger partial charge in [0.15, 0.2) is 0 Å². The summed E-state index contributed by atoms with van der Waals surface area (Å²) in [5.41, 5.74) is 1.87. The van der Waals surface area contributed by atoms with Crippen LogP contribution in [-0.4, -0.2) is 0 Å². The van der Waals surface area contributed by atoms with Crippen LogP contribution in [0.2, 0.25) is 5.02 Å². The van der Waals surface area contributed by atoms with E-state index in [-0.39, 0.29) is 0 Å². The van der Waals surface area contributed by atoms with Crippen molar-refractivity contribution in [3.05, 3.63) is 41.1 Å². The average molecular weight is 193 g/mol. The van der Waals surface area contributed by atoms with Gasteiger partial charge in [0.05, 0.1) is 0 Å². The molecular formula is C11H9ClO. The normalized spacial score (nSPS) is 10.6. The molecule has 2 rings (SSSR count). The highest BCUT2D eigenvalue weighted by Crippen LogP contribution is 2.28. The molecule has 0 spiro atoms. The Morgan fingerprint density at radius 3 is 2.92 bits per heavy atom. The lowest BCUT2D eigenvalue weighted by Gasteiger charge is -1.90. The fourth-order valence-corrected chi connectivity index (χ4v) is 1.63. The highest BCUT2D eigenvalue weighted by Gasteiger charge is 2.07. The Kier molecular flexibility index (Phi) is 1.89. The second-order valence-electron chi connectivity index (χ2n) is 2.92. The molecule has 13 heavy (non-hydrogen) atoms. The lowest BCUT2D eigenvalue weighted by molar-refractivity contribution is 0.577. The molecule has 0 amide bonds. The molecule has 0 unspecified atom stereocenters. The van der Waals surface area contributed by atoms with Gasteiger partial charge in [0.2, 0.25) is 0 Å². The zero-order valence-corrected chi connectivity index (χ0v) is 8.06. The molecule has 0 fully saturated rings. The van der Waals surface area contributed by atoms with E-state index in [1.54, 1.807) is 6.08 Å². The first-order valence-corrected chi connectivity index (χ1v) is 4.41. The Hall–Kier alpha value is -1.21. The summed E-state index contributed by atoms with van der Waals surface area (Å²) in [4.78, 5) is 0. The van der Waals surface area contributed by atoms with Crippen LogP contribution in [0.3, 0.4) is 0 Å². The molecule has 0 aliphatic heterocycles. The Bertz CT molecular complexity index is 468. The average Bonchev–Trinajstić information content (AvgIpc) is 2.39. The van der Waals surface area contributed by atoms with Gasteiger partial charge in [-0.1, -0.05) is 24.3 Å². The number of aryl methyl sites for hydroxylation is 1. The van der Waals surface area contributed by atoms with E-state index >= 15 is 0 Å². The minimum absolute atomic E-state index is 0.692. The molecule has 0 N–H and O–H groups in total. The predicted molar refractivity (Wildman–Crippen MR) is 56.1 cm³/mol. The third-order valence-electron chi connectivity index (χ3n) is 2.08. The summed E-state index contributed by atoms with van der Waals surface area (Å²) in [6.07, 6.45) is 1.80. The summed E-state index contributed by atoms with van der Waals surface area (Å²) in [5, 5.41) is 1.76. The largest absolute Gasteiger partial charge is 0.461 e. The number of fused-ring (bicyclic) bond motifs is 1. The van der Waals surface area contributed by atoms with Crippen molar-refractivity contribution >= 4 is 28.6 Å². The van der Waals surface area contributed by atoms with Crippen LogP contribution >= 0.6 is 11.6 Å². The van der Waals surface area contributed by atoms with Crippen LogP contribution in [0.15, 0.2) is 29.2 Å². The smallest absolute Gasteiger partial charge is 0.136 e. The van der Waals surface area contributed by atoms with E-state index in [1.807, 2.05) is 25.1 Å². The highest BCUT2D eigenvalue weighted by atomic mass is 35.5. The van der Waals surface area contributed by atoms with Crippen LogP contribution < -0.4 is 0 Å². The van der Waals surface area contributed by atoms with Gasteiger partial charge in [0, 0.05) is 22.0 Å². The zero-order chi connectivity index (χ0) is 9.42. The summed E-state index contributed by atoms with van der Waals surface area (Å²) >= 11 is 5.84. The van der Waals surface area contributed by atoms with E-state index in [0.29, 0.717) is 5.02 Å². The van der Waals surface area contributed by atoms with E-state index in [2.05, 4.69) is 6.58 Å². The number of hydrogen-bond acceptors (Lipinski definition) is 1. The van der Waals surface area contributed by atoms with Crippen LogP contribution in [0, 0.1) is 6.92 Å². The first-order chi connectivity index (χ1) is 6.22. The van der Waals surface area contributed by atoms with Gasteiger partial charge in [0.1, 0.15) is 11.3 Å². The van der Waals surface area contributed by atoms with Gasteiger partial charge in [-0.15, -0.1) is 0 Å². The van der Waals surface area contributed by atoms with Crippen molar-refractivity contribution in [2.75, 3.05) is 0 Å². The fourth-order valence-electron chi connectivity index (χ4n) is 1.47. The number of hydrogen-bond donors (Lipinski definition) is 0. The van der Waals surface area contributed by atoms with Gasteiger partial charge in [-0.3, -0.25) is 0 Å². The maximum Gasteiger partial charge on any atom is 0.136 e. The highest BCUT2D eigenvalue weighted by molar-refractivity contribution is 6.31. The van der Waals surface area contributed by atoms with Crippen molar-refractivity contribution in [2.24, 2.45) is 0 Å². The molecule has 2 heteroatoms. The zero-order valence-electron chi connectivity index (χ0n) is 7.30. The van der Waals surface area contributed by atoms with Crippen molar-refractivity contribution in [3.63, 3.8) is 0 Å². The minimum Gasteiger partial charge on any atom is -0.461 e. The van der Waals surface area contributed by atoms with Gasteiger partial charge in [-0.2, -0.15) is 0 Å². The van der Waals surface area contributed by atoms with E-state index < -0.39 is 0 Å². The predicted octanol–water partition coefficient (Wildman–Crippen LogP) is 4.04.